The molecule has 2 heterocycles. The Morgan fingerprint density at radius 1 is 1.06 bits per heavy atom. The fourth-order valence-electron chi connectivity index (χ4n) is 3.51. The molecule has 4 aromatic rings. The lowest BCUT2D eigenvalue weighted by molar-refractivity contribution is -0.116. The molecule has 2 aromatic carbocycles. The number of nitrogens with zero attached hydrogens (tertiary/aromatic N) is 2. The Morgan fingerprint density at radius 3 is 2.52 bits per heavy atom. The molecule has 4 rings (SSSR count). The molecular formula is C23H20ClN3O5S. The van der Waals surface area contributed by atoms with Gasteiger partial charge in [0.1, 0.15) is 11.4 Å². The SMILES string of the molecule is COc1ccc(NC(=O)Cn2c(=O)n(-c3cccc(Cl)c3)c(=O)c3cc(C)sc32)cc1OC. The van der Waals surface area contributed by atoms with Crippen LogP contribution in [0.25, 0.3) is 15.9 Å². The largest absolute Gasteiger partial charge is 0.493 e. The first-order valence-corrected chi connectivity index (χ1v) is 11.1. The van der Waals surface area contributed by atoms with Crippen molar-refractivity contribution in [3.8, 4) is 17.2 Å². The van der Waals surface area contributed by atoms with Gasteiger partial charge in [0.05, 0.1) is 25.3 Å². The molecule has 0 atom stereocenters. The topological polar surface area (TPSA) is 91.6 Å². The minimum atomic E-state index is -0.626. The molecule has 10 heteroatoms. The van der Waals surface area contributed by atoms with Crippen molar-refractivity contribution >= 4 is 44.7 Å². The van der Waals surface area contributed by atoms with Gasteiger partial charge in [-0.05, 0) is 43.3 Å². The lowest BCUT2D eigenvalue weighted by atomic mass is 10.2. The number of carbonyl (C=O) groups excluding carboxylic acids is 1. The number of nitrogens with one attached hydrogen (secondary N) is 1. The molecule has 0 aliphatic heterocycles. The predicted octanol–water partition coefficient (Wildman–Crippen LogP) is 3.83. The van der Waals surface area contributed by atoms with Gasteiger partial charge in [-0.1, -0.05) is 17.7 Å². The van der Waals surface area contributed by atoms with Crippen molar-refractivity contribution in [2.75, 3.05) is 19.5 Å². The first-order chi connectivity index (χ1) is 15.8. The van der Waals surface area contributed by atoms with Crippen molar-refractivity contribution in [1.82, 2.24) is 9.13 Å². The number of benzene rings is 2. The van der Waals surface area contributed by atoms with Crippen molar-refractivity contribution < 1.29 is 14.3 Å². The van der Waals surface area contributed by atoms with Crippen LogP contribution < -0.4 is 26.0 Å². The van der Waals surface area contributed by atoms with Crippen LogP contribution in [-0.4, -0.2) is 29.3 Å². The number of thiophene rings is 1. The molecule has 0 radical (unpaired) electrons. The van der Waals surface area contributed by atoms with Gasteiger partial charge in [-0.25, -0.2) is 9.36 Å². The molecule has 0 saturated carbocycles. The minimum Gasteiger partial charge on any atom is -0.493 e. The zero-order valence-electron chi connectivity index (χ0n) is 18.0. The maximum Gasteiger partial charge on any atom is 0.337 e. The van der Waals surface area contributed by atoms with E-state index in [1.807, 2.05) is 6.92 Å². The Hall–Kier alpha value is -3.56. The number of hydrogen-bond acceptors (Lipinski definition) is 6. The van der Waals surface area contributed by atoms with E-state index in [1.54, 1.807) is 42.5 Å². The normalized spacial score (nSPS) is 10.9. The maximum absolute atomic E-state index is 13.4. The molecule has 0 aliphatic carbocycles. The molecule has 0 spiro atoms. The predicted molar refractivity (Wildman–Crippen MR) is 130 cm³/mol. The number of aromatic nitrogens is 2. The summed E-state index contributed by atoms with van der Waals surface area (Å²) in [4.78, 5) is 40.6. The Kier molecular flexibility index (Phi) is 6.26. The van der Waals surface area contributed by atoms with Crippen LogP contribution in [0.4, 0.5) is 5.69 Å². The molecular weight excluding hydrogens is 466 g/mol. The van der Waals surface area contributed by atoms with Crippen molar-refractivity contribution in [2.45, 2.75) is 13.5 Å². The van der Waals surface area contributed by atoms with Crippen LogP contribution >= 0.6 is 22.9 Å². The summed E-state index contributed by atoms with van der Waals surface area (Å²) in [6.45, 7) is 1.55. The van der Waals surface area contributed by atoms with Gasteiger partial charge in [0.25, 0.3) is 5.56 Å². The van der Waals surface area contributed by atoms with E-state index in [2.05, 4.69) is 5.32 Å². The maximum atomic E-state index is 13.4. The van der Waals surface area contributed by atoms with Crippen molar-refractivity contribution in [2.24, 2.45) is 0 Å². The molecule has 8 nitrogen and oxygen atoms in total. The van der Waals surface area contributed by atoms with Crippen molar-refractivity contribution in [3.05, 3.63) is 79.3 Å². The van der Waals surface area contributed by atoms with E-state index in [9.17, 15) is 14.4 Å². The van der Waals surface area contributed by atoms with Crippen LogP contribution in [0.5, 0.6) is 11.5 Å². The molecule has 0 aliphatic rings. The third-order valence-electron chi connectivity index (χ3n) is 4.97. The zero-order valence-corrected chi connectivity index (χ0v) is 19.6. The van der Waals surface area contributed by atoms with E-state index < -0.39 is 17.2 Å². The third-order valence-corrected chi connectivity index (χ3v) is 6.28. The Labute approximate surface area is 197 Å². The van der Waals surface area contributed by atoms with E-state index in [1.165, 1.54) is 36.2 Å². The zero-order chi connectivity index (χ0) is 23.7. The summed E-state index contributed by atoms with van der Waals surface area (Å²) in [6, 6.07) is 13.1. The summed E-state index contributed by atoms with van der Waals surface area (Å²) in [5.74, 6) is 0.544. The molecule has 170 valence electrons. The van der Waals surface area contributed by atoms with Gasteiger partial charge < -0.3 is 14.8 Å². The number of rotatable bonds is 6. The molecule has 2 aromatic heterocycles. The fourth-order valence-corrected chi connectivity index (χ4v) is 4.69. The number of methoxy groups -OCH3 is 2. The highest BCUT2D eigenvalue weighted by Gasteiger charge is 2.19. The number of amides is 1. The van der Waals surface area contributed by atoms with E-state index in [0.717, 1.165) is 9.44 Å². The molecule has 0 bridgehead atoms. The van der Waals surface area contributed by atoms with Crippen LogP contribution in [-0.2, 0) is 11.3 Å². The summed E-state index contributed by atoms with van der Waals surface area (Å²) in [5, 5.41) is 3.50. The Morgan fingerprint density at radius 2 is 1.82 bits per heavy atom. The summed E-state index contributed by atoms with van der Waals surface area (Å²) < 4.78 is 12.8. The van der Waals surface area contributed by atoms with Gasteiger partial charge in [0.2, 0.25) is 5.91 Å². The molecule has 0 unspecified atom stereocenters. The van der Waals surface area contributed by atoms with Crippen LogP contribution in [0.1, 0.15) is 4.88 Å². The second kappa shape index (κ2) is 9.13. The van der Waals surface area contributed by atoms with E-state index in [-0.39, 0.29) is 6.54 Å². The molecule has 1 amide bonds. The van der Waals surface area contributed by atoms with Gasteiger partial charge in [-0.2, -0.15) is 0 Å². The van der Waals surface area contributed by atoms with E-state index >= 15 is 0 Å². The quantitative estimate of drug-likeness (QED) is 0.448. The second-order valence-electron chi connectivity index (χ2n) is 7.18. The minimum absolute atomic E-state index is 0.287. The van der Waals surface area contributed by atoms with Crippen molar-refractivity contribution in [3.63, 3.8) is 0 Å². The monoisotopic (exact) mass is 485 g/mol. The van der Waals surface area contributed by atoms with Gasteiger partial charge in [-0.3, -0.25) is 14.2 Å². The number of fused-ring (bicyclic) bond motifs is 1. The molecule has 0 saturated heterocycles. The van der Waals surface area contributed by atoms with Crippen LogP contribution in [0.15, 0.2) is 58.1 Å². The van der Waals surface area contributed by atoms with Crippen LogP contribution in [0.2, 0.25) is 5.02 Å². The summed E-state index contributed by atoms with van der Waals surface area (Å²) in [5.41, 5.74) is -0.276. The van der Waals surface area contributed by atoms with Gasteiger partial charge >= 0.3 is 5.69 Å². The highest BCUT2D eigenvalue weighted by molar-refractivity contribution is 7.18. The number of aryl methyl sites for hydroxylation is 1. The lowest BCUT2D eigenvalue weighted by Crippen LogP contribution is -2.40. The van der Waals surface area contributed by atoms with Gasteiger partial charge in [-0.15, -0.1) is 11.3 Å². The van der Waals surface area contributed by atoms with Crippen molar-refractivity contribution in [1.29, 1.82) is 0 Å². The Balaban J connectivity index is 1.77. The van der Waals surface area contributed by atoms with E-state index in [0.29, 0.717) is 38.1 Å². The third kappa shape index (κ3) is 4.37. The standard InChI is InChI=1S/C23H20ClN3O5S/c1-13-9-17-21(29)27(16-6-4-5-14(24)10-16)23(30)26(22(17)33-13)12-20(28)25-15-7-8-18(31-2)19(11-15)32-3/h4-11H,12H2,1-3H3,(H,25,28). The first kappa shape index (κ1) is 22.6. The van der Waals surface area contributed by atoms with Crippen LogP contribution in [0, 0.1) is 6.92 Å². The highest BCUT2D eigenvalue weighted by Crippen LogP contribution is 2.30. The highest BCUT2D eigenvalue weighted by atomic mass is 35.5. The van der Waals surface area contributed by atoms with Gasteiger partial charge in [0.15, 0.2) is 11.5 Å². The lowest BCUT2D eigenvalue weighted by Gasteiger charge is -2.13. The summed E-state index contributed by atoms with van der Waals surface area (Å²) >= 11 is 7.36. The number of anilines is 1. The number of halogens is 1. The van der Waals surface area contributed by atoms with E-state index in [4.69, 9.17) is 21.1 Å². The van der Waals surface area contributed by atoms with Crippen LogP contribution in [0.3, 0.4) is 0 Å². The molecule has 1 N–H and O–H groups in total. The number of hydrogen-bond donors (Lipinski definition) is 1. The molecule has 33 heavy (non-hydrogen) atoms. The number of carbonyl (C=O) groups is 1. The average Bonchev–Trinajstić information content (AvgIpc) is 3.18. The summed E-state index contributed by atoms with van der Waals surface area (Å²) in [7, 11) is 3.02. The summed E-state index contributed by atoms with van der Waals surface area (Å²) in [6.07, 6.45) is 0. The second-order valence-corrected chi connectivity index (χ2v) is 8.85. The number of ether oxygens (including phenoxy) is 2. The van der Waals surface area contributed by atoms with Gasteiger partial charge in [0, 0.05) is 21.7 Å². The average molecular weight is 486 g/mol. The first-order valence-electron chi connectivity index (χ1n) is 9.86. The molecule has 0 fully saturated rings. The Bertz CT molecular complexity index is 1490. The fraction of sp³-hybridized carbons (Fsp3) is 0.174. The smallest absolute Gasteiger partial charge is 0.337 e.